The first-order valence-electron chi connectivity index (χ1n) is 5.16. The van der Waals surface area contributed by atoms with Gasteiger partial charge in [-0.2, -0.15) is 0 Å². The van der Waals surface area contributed by atoms with Gasteiger partial charge in [0.25, 0.3) is 0 Å². The number of furan rings is 1. The first kappa shape index (κ1) is 12.5. The van der Waals surface area contributed by atoms with Crippen molar-refractivity contribution in [2.24, 2.45) is 5.73 Å². The van der Waals surface area contributed by atoms with Crippen molar-refractivity contribution in [1.29, 1.82) is 0 Å². The number of hydrogen-bond acceptors (Lipinski definition) is 3. The minimum Gasteiger partial charge on any atom is -0.452 e. The van der Waals surface area contributed by atoms with Crippen molar-refractivity contribution in [3.8, 4) is 0 Å². The lowest BCUT2D eigenvalue weighted by molar-refractivity contribution is 0.463. The van der Waals surface area contributed by atoms with Crippen LogP contribution in [0.2, 0.25) is 5.02 Å². The number of benzene rings is 1. The van der Waals surface area contributed by atoms with Gasteiger partial charge in [-0.25, -0.2) is 0 Å². The Balaban J connectivity index is 2.12. The largest absolute Gasteiger partial charge is 0.452 e. The fourth-order valence-electron chi connectivity index (χ4n) is 1.51. The average Bonchev–Trinajstić information content (AvgIpc) is 2.75. The highest BCUT2D eigenvalue weighted by Gasteiger charge is 2.13. The van der Waals surface area contributed by atoms with E-state index in [4.69, 9.17) is 21.8 Å². The molecule has 0 aliphatic carbocycles. The van der Waals surface area contributed by atoms with Gasteiger partial charge in [0.05, 0.1) is 6.04 Å². The van der Waals surface area contributed by atoms with Crippen molar-refractivity contribution in [1.82, 2.24) is 0 Å². The topological polar surface area (TPSA) is 51.2 Å². The van der Waals surface area contributed by atoms with Crippen molar-refractivity contribution in [3.05, 3.63) is 51.9 Å². The molecule has 0 aliphatic rings. The van der Waals surface area contributed by atoms with Gasteiger partial charge in [-0.05, 0) is 52.3 Å². The molecule has 90 valence electrons. The maximum Gasteiger partial charge on any atom is 0.169 e. The van der Waals surface area contributed by atoms with Gasteiger partial charge in [-0.15, -0.1) is 0 Å². The minimum absolute atomic E-state index is 0.0533. The van der Waals surface area contributed by atoms with Crippen LogP contribution < -0.4 is 11.1 Å². The lowest BCUT2D eigenvalue weighted by Crippen LogP contribution is -2.19. The van der Waals surface area contributed by atoms with Gasteiger partial charge in [0, 0.05) is 17.3 Å². The molecule has 5 heteroatoms. The van der Waals surface area contributed by atoms with Crippen LogP contribution >= 0.6 is 27.5 Å². The summed E-state index contributed by atoms with van der Waals surface area (Å²) in [4.78, 5) is 0. The van der Waals surface area contributed by atoms with E-state index in [2.05, 4.69) is 21.2 Å². The summed E-state index contributed by atoms with van der Waals surface area (Å²) in [5.41, 5.74) is 6.68. The SMILES string of the molecule is NCC(Nc1ccc(Cl)cc1)c1ccc(Br)o1. The van der Waals surface area contributed by atoms with E-state index < -0.39 is 0 Å². The molecule has 1 unspecified atom stereocenters. The van der Waals surface area contributed by atoms with Crippen LogP contribution in [0.1, 0.15) is 11.8 Å². The highest BCUT2D eigenvalue weighted by molar-refractivity contribution is 9.10. The van der Waals surface area contributed by atoms with E-state index in [1.807, 2.05) is 36.4 Å². The zero-order valence-electron chi connectivity index (χ0n) is 8.99. The van der Waals surface area contributed by atoms with Crippen LogP contribution in [0.25, 0.3) is 0 Å². The molecule has 0 bridgehead atoms. The molecule has 1 aromatic carbocycles. The van der Waals surface area contributed by atoms with Gasteiger partial charge >= 0.3 is 0 Å². The Morgan fingerprint density at radius 3 is 2.47 bits per heavy atom. The summed E-state index contributed by atoms with van der Waals surface area (Å²) in [5.74, 6) is 0.800. The molecule has 3 N–H and O–H groups in total. The van der Waals surface area contributed by atoms with Crippen LogP contribution in [0.3, 0.4) is 0 Å². The van der Waals surface area contributed by atoms with Crippen LogP contribution in [0.4, 0.5) is 5.69 Å². The minimum atomic E-state index is -0.0533. The number of nitrogens with two attached hydrogens (primary N) is 1. The number of hydrogen-bond donors (Lipinski definition) is 2. The molecular formula is C12H12BrClN2O. The fraction of sp³-hybridized carbons (Fsp3) is 0.167. The van der Waals surface area contributed by atoms with E-state index in [-0.39, 0.29) is 6.04 Å². The summed E-state index contributed by atoms with van der Waals surface area (Å²) in [5, 5.41) is 4.00. The van der Waals surface area contributed by atoms with E-state index in [1.54, 1.807) is 0 Å². The predicted octanol–water partition coefficient (Wildman–Crippen LogP) is 3.81. The Morgan fingerprint density at radius 2 is 1.94 bits per heavy atom. The van der Waals surface area contributed by atoms with Crippen molar-refractivity contribution >= 4 is 33.2 Å². The Hall–Kier alpha value is -0.970. The molecule has 0 saturated heterocycles. The summed E-state index contributed by atoms with van der Waals surface area (Å²) >= 11 is 9.10. The normalized spacial score (nSPS) is 12.4. The molecule has 0 aliphatic heterocycles. The zero-order valence-corrected chi connectivity index (χ0v) is 11.3. The molecule has 0 fully saturated rings. The van der Waals surface area contributed by atoms with Gasteiger partial charge in [0.1, 0.15) is 5.76 Å². The van der Waals surface area contributed by atoms with Crippen LogP contribution in [0, 0.1) is 0 Å². The summed E-state index contributed by atoms with van der Waals surface area (Å²) < 4.78 is 6.18. The van der Waals surface area contributed by atoms with Crippen molar-refractivity contribution in [3.63, 3.8) is 0 Å². The third kappa shape index (κ3) is 3.25. The number of nitrogens with one attached hydrogen (secondary N) is 1. The monoisotopic (exact) mass is 314 g/mol. The molecular weight excluding hydrogens is 304 g/mol. The standard InChI is InChI=1S/C12H12BrClN2O/c13-12-6-5-11(17-12)10(7-15)16-9-3-1-8(14)2-4-9/h1-6,10,16H,7,15H2. The first-order chi connectivity index (χ1) is 8.19. The van der Waals surface area contributed by atoms with Crippen molar-refractivity contribution < 1.29 is 4.42 Å². The second kappa shape index (κ2) is 5.58. The van der Waals surface area contributed by atoms with Gasteiger partial charge in [-0.1, -0.05) is 11.6 Å². The molecule has 17 heavy (non-hydrogen) atoms. The Bertz CT molecular complexity index is 484. The van der Waals surface area contributed by atoms with E-state index >= 15 is 0 Å². The molecule has 0 radical (unpaired) electrons. The van der Waals surface area contributed by atoms with E-state index in [1.165, 1.54) is 0 Å². The van der Waals surface area contributed by atoms with Crippen LogP contribution in [-0.4, -0.2) is 6.54 Å². The lowest BCUT2D eigenvalue weighted by atomic mass is 10.2. The first-order valence-corrected chi connectivity index (χ1v) is 6.33. The lowest BCUT2D eigenvalue weighted by Gasteiger charge is -2.15. The molecule has 0 amide bonds. The van der Waals surface area contributed by atoms with Crippen LogP contribution in [0.5, 0.6) is 0 Å². The van der Waals surface area contributed by atoms with Crippen LogP contribution in [0.15, 0.2) is 45.5 Å². The second-order valence-corrected chi connectivity index (χ2v) is 4.80. The Kier molecular flexibility index (Phi) is 4.10. The molecule has 1 aromatic heterocycles. The quantitative estimate of drug-likeness (QED) is 0.902. The maximum absolute atomic E-state index is 5.83. The smallest absolute Gasteiger partial charge is 0.169 e. The molecule has 1 heterocycles. The highest BCUT2D eigenvalue weighted by atomic mass is 79.9. The third-order valence-electron chi connectivity index (χ3n) is 2.36. The number of halogens is 2. The molecule has 0 saturated carbocycles. The number of anilines is 1. The van der Waals surface area contributed by atoms with Crippen LogP contribution in [-0.2, 0) is 0 Å². The summed E-state index contributed by atoms with van der Waals surface area (Å²) in [6.45, 7) is 0.447. The van der Waals surface area contributed by atoms with Crippen molar-refractivity contribution in [2.75, 3.05) is 11.9 Å². The third-order valence-corrected chi connectivity index (χ3v) is 3.04. The predicted molar refractivity (Wildman–Crippen MR) is 73.3 cm³/mol. The summed E-state index contributed by atoms with van der Waals surface area (Å²) in [6, 6.07) is 11.2. The fourth-order valence-corrected chi connectivity index (χ4v) is 1.95. The average molecular weight is 316 g/mol. The maximum atomic E-state index is 5.83. The van der Waals surface area contributed by atoms with E-state index in [9.17, 15) is 0 Å². The van der Waals surface area contributed by atoms with Gasteiger partial charge in [0.15, 0.2) is 4.67 Å². The number of rotatable bonds is 4. The molecule has 0 spiro atoms. The summed E-state index contributed by atoms with van der Waals surface area (Å²) in [6.07, 6.45) is 0. The summed E-state index contributed by atoms with van der Waals surface area (Å²) in [7, 11) is 0. The molecule has 3 nitrogen and oxygen atoms in total. The second-order valence-electron chi connectivity index (χ2n) is 3.58. The van der Waals surface area contributed by atoms with E-state index in [0.717, 1.165) is 11.4 Å². The van der Waals surface area contributed by atoms with Crippen molar-refractivity contribution in [2.45, 2.75) is 6.04 Å². The highest BCUT2D eigenvalue weighted by Crippen LogP contribution is 2.24. The Labute approximate surface area is 113 Å². The van der Waals surface area contributed by atoms with E-state index in [0.29, 0.717) is 16.2 Å². The van der Waals surface area contributed by atoms with Gasteiger partial charge in [-0.3, -0.25) is 0 Å². The zero-order chi connectivity index (χ0) is 12.3. The molecule has 2 aromatic rings. The molecule has 1 atom stereocenters. The van der Waals surface area contributed by atoms with Gasteiger partial charge in [0.2, 0.25) is 0 Å². The molecule has 2 rings (SSSR count). The Morgan fingerprint density at radius 1 is 1.24 bits per heavy atom. The van der Waals surface area contributed by atoms with Gasteiger partial charge < -0.3 is 15.5 Å².